The summed E-state index contributed by atoms with van der Waals surface area (Å²) < 4.78 is 20.4. The SMILES string of the molecule is CCOc1cc(C)c(-c2nc3ccccc3c(=O)n2N=Cc2cc(OC)c(OCc3ccc(Cl)cc3)c(Br)c2Br)cc1C(C)C. The number of aryl methyl sites for hydroxylation is 1. The normalized spacial score (nSPS) is 11.5. The molecule has 0 N–H and O–H groups in total. The van der Waals surface area contributed by atoms with Crippen LogP contribution in [0.3, 0.4) is 0 Å². The zero-order chi connectivity index (χ0) is 32.2. The van der Waals surface area contributed by atoms with Crippen LogP contribution in [0.25, 0.3) is 22.3 Å². The van der Waals surface area contributed by atoms with Crippen LogP contribution in [-0.4, -0.2) is 29.6 Å². The van der Waals surface area contributed by atoms with Crippen molar-refractivity contribution < 1.29 is 14.2 Å². The van der Waals surface area contributed by atoms with E-state index in [0.29, 0.717) is 61.0 Å². The van der Waals surface area contributed by atoms with Gasteiger partial charge in [0.25, 0.3) is 5.56 Å². The topological polar surface area (TPSA) is 74.9 Å². The molecule has 0 fully saturated rings. The lowest BCUT2D eigenvalue weighted by molar-refractivity contribution is 0.282. The Morgan fingerprint density at radius 3 is 2.42 bits per heavy atom. The van der Waals surface area contributed by atoms with Crippen molar-refractivity contribution in [2.75, 3.05) is 13.7 Å². The van der Waals surface area contributed by atoms with Crippen molar-refractivity contribution in [3.8, 4) is 28.6 Å². The second-order valence-electron chi connectivity index (χ2n) is 10.6. The van der Waals surface area contributed by atoms with Crippen molar-refractivity contribution in [3.63, 3.8) is 0 Å². The Bertz CT molecular complexity index is 1960. The Hall–Kier alpha value is -3.66. The molecule has 7 nitrogen and oxygen atoms in total. The molecule has 5 rings (SSSR count). The number of fused-ring (bicyclic) bond motifs is 1. The van der Waals surface area contributed by atoms with Crippen LogP contribution in [0.15, 0.2) is 85.6 Å². The zero-order valence-electron chi connectivity index (χ0n) is 25.5. The smallest absolute Gasteiger partial charge is 0.282 e. The van der Waals surface area contributed by atoms with Gasteiger partial charge in [0, 0.05) is 20.6 Å². The van der Waals surface area contributed by atoms with E-state index in [1.54, 1.807) is 25.5 Å². The van der Waals surface area contributed by atoms with Gasteiger partial charge in [-0.1, -0.05) is 49.7 Å². The number of nitrogens with zero attached hydrogens (tertiary/aromatic N) is 3. The van der Waals surface area contributed by atoms with Gasteiger partial charge >= 0.3 is 0 Å². The highest BCUT2D eigenvalue weighted by molar-refractivity contribution is 9.13. The second kappa shape index (κ2) is 14.2. The van der Waals surface area contributed by atoms with Crippen molar-refractivity contribution in [2.24, 2.45) is 5.10 Å². The fourth-order valence-electron chi connectivity index (χ4n) is 4.92. The molecular weight excluding hydrogens is 722 g/mol. The maximum Gasteiger partial charge on any atom is 0.282 e. The Labute approximate surface area is 284 Å². The molecule has 45 heavy (non-hydrogen) atoms. The first kappa shape index (κ1) is 32.7. The van der Waals surface area contributed by atoms with Crippen molar-refractivity contribution >= 4 is 60.6 Å². The molecule has 0 bridgehead atoms. The van der Waals surface area contributed by atoms with Gasteiger partial charge in [0.15, 0.2) is 17.3 Å². The molecule has 4 aromatic carbocycles. The highest BCUT2D eigenvalue weighted by Gasteiger charge is 2.20. The Morgan fingerprint density at radius 1 is 1.00 bits per heavy atom. The van der Waals surface area contributed by atoms with Gasteiger partial charge in [0.2, 0.25) is 0 Å². The van der Waals surface area contributed by atoms with E-state index in [9.17, 15) is 4.79 Å². The lowest BCUT2D eigenvalue weighted by atomic mass is 9.96. The standard InChI is InChI=1S/C35H32Br2ClN3O4/c1-6-44-29-15-21(4)27(17-26(29)20(2)3)34-40-28-10-8-7-9-25(28)35(42)41(34)39-18-23-16-30(43-5)33(32(37)31(23)36)45-19-22-11-13-24(38)14-12-22/h7-18,20H,6,19H2,1-5H3. The molecule has 5 aromatic rings. The van der Waals surface area contributed by atoms with Gasteiger partial charge in [-0.15, -0.1) is 0 Å². The molecule has 0 spiro atoms. The van der Waals surface area contributed by atoms with Crippen LogP contribution in [-0.2, 0) is 6.61 Å². The van der Waals surface area contributed by atoms with Gasteiger partial charge in [-0.25, -0.2) is 4.98 Å². The number of hydrogen-bond donors (Lipinski definition) is 0. The van der Waals surface area contributed by atoms with Crippen LogP contribution < -0.4 is 19.8 Å². The highest BCUT2D eigenvalue weighted by atomic mass is 79.9. The third-order valence-electron chi connectivity index (χ3n) is 7.26. The van der Waals surface area contributed by atoms with Crippen LogP contribution in [0.2, 0.25) is 5.02 Å². The number of hydrogen-bond acceptors (Lipinski definition) is 6. The highest BCUT2D eigenvalue weighted by Crippen LogP contribution is 2.43. The minimum Gasteiger partial charge on any atom is -0.494 e. The van der Waals surface area contributed by atoms with E-state index >= 15 is 0 Å². The summed E-state index contributed by atoms with van der Waals surface area (Å²) >= 11 is 13.4. The molecule has 0 unspecified atom stereocenters. The van der Waals surface area contributed by atoms with Crippen molar-refractivity contribution in [2.45, 2.75) is 40.2 Å². The van der Waals surface area contributed by atoms with Gasteiger partial charge in [-0.3, -0.25) is 4.79 Å². The average molecular weight is 754 g/mol. The molecule has 0 amide bonds. The maximum absolute atomic E-state index is 13.9. The van der Waals surface area contributed by atoms with Gasteiger partial charge in [-0.05, 0) is 111 Å². The first-order chi connectivity index (χ1) is 21.6. The quantitative estimate of drug-likeness (QED) is 0.133. The van der Waals surface area contributed by atoms with E-state index in [2.05, 4.69) is 51.8 Å². The van der Waals surface area contributed by atoms with Crippen LogP contribution >= 0.6 is 43.5 Å². The third-order valence-corrected chi connectivity index (χ3v) is 9.65. The summed E-state index contributed by atoms with van der Waals surface area (Å²) in [5, 5.41) is 5.84. The van der Waals surface area contributed by atoms with Gasteiger partial charge < -0.3 is 14.2 Å². The maximum atomic E-state index is 13.9. The van der Waals surface area contributed by atoms with Crippen molar-refractivity contribution in [1.82, 2.24) is 9.66 Å². The molecule has 232 valence electrons. The molecule has 1 aromatic heterocycles. The summed E-state index contributed by atoms with van der Waals surface area (Å²) in [6.45, 7) is 9.05. The Balaban J connectivity index is 1.62. The van der Waals surface area contributed by atoms with E-state index in [-0.39, 0.29) is 11.5 Å². The van der Waals surface area contributed by atoms with Gasteiger partial charge in [0.1, 0.15) is 12.4 Å². The number of benzene rings is 4. The molecule has 1 heterocycles. The number of para-hydroxylation sites is 1. The third kappa shape index (κ3) is 6.95. The summed E-state index contributed by atoms with van der Waals surface area (Å²) in [4.78, 5) is 18.9. The lowest BCUT2D eigenvalue weighted by Crippen LogP contribution is -2.21. The molecule has 0 aliphatic rings. The van der Waals surface area contributed by atoms with Crippen LogP contribution in [0.5, 0.6) is 17.2 Å². The minimum absolute atomic E-state index is 0.191. The van der Waals surface area contributed by atoms with Gasteiger partial charge in [-0.2, -0.15) is 9.78 Å². The predicted octanol–water partition coefficient (Wildman–Crippen LogP) is 9.54. The molecular formula is C35H32Br2ClN3O4. The second-order valence-corrected chi connectivity index (χ2v) is 12.7. The monoisotopic (exact) mass is 751 g/mol. The molecule has 0 radical (unpaired) electrons. The largest absolute Gasteiger partial charge is 0.494 e. The number of rotatable bonds is 10. The summed E-state index contributed by atoms with van der Waals surface area (Å²) in [5.41, 5.74) is 4.67. The number of methoxy groups -OCH3 is 1. The molecule has 0 saturated heterocycles. The molecule has 0 saturated carbocycles. The van der Waals surface area contributed by atoms with E-state index in [0.717, 1.165) is 28.0 Å². The number of halogens is 3. The predicted molar refractivity (Wildman–Crippen MR) is 189 cm³/mol. The molecule has 0 aliphatic carbocycles. The fraction of sp³-hybridized carbons (Fsp3) is 0.229. The van der Waals surface area contributed by atoms with Gasteiger partial charge in [0.05, 0.1) is 35.3 Å². The fourth-order valence-corrected chi connectivity index (χ4v) is 5.98. The lowest BCUT2D eigenvalue weighted by Gasteiger charge is -2.18. The first-order valence-corrected chi connectivity index (χ1v) is 16.4. The summed E-state index contributed by atoms with van der Waals surface area (Å²) in [6.07, 6.45) is 1.61. The summed E-state index contributed by atoms with van der Waals surface area (Å²) in [5.74, 6) is 2.46. The van der Waals surface area contributed by atoms with E-state index in [1.807, 2.05) is 62.4 Å². The molecule has 10 heteroatoms. The number of aromatic nitrogens is 2. The molecule has 0 atom stereocenters. The van der Waals surface area contributed by atoms with Crippen molar-refractivity contribution in [3.05, 3.63) is 113 Å². The molecule has 0 aliphatic heterocycles. The van der Waals surface area contributed by atoms with E-state index in [1.165, 1.54) is 4.68 Å². The number of ether oxygens (including phenoxy) is 3. The average Bonchev–Trinajstić information content (AvgIpc) is 3.02. The first-order valence-electron chi connectivity index (χ1n) is 14.4. The summed E-state index contributed by atoms with van der Waals surface area (Å²) in [6, 6.07) is 20.6. The van der Waals surface area contributed by atoms with Crippen LogP contribution in [0.1, 0.15) is 48.9 Å². The van der Waals surface area contributed by atoms with E-state index < -0.39 is 0 Å². The van der Waals surface area contributed by atoms with Crippen molar-refractivity contribution in [1.29, 1.82) is 0 Å². The Kier molecular flexibility index (Phi) is 10.3. The van der Waals surface area contributed by atoms with E-state index in [4.69, 9.17) is 35.9 Å². The minimum atomic E-state index is -0.281. The van der Waals surface area contributed by atoms with Crippen LogP contribution in [0, 0.1) is 6.92 Å². The van der Waals surface area contributed by atoms with Crippen LogP contribution in [0.4, 0.5) is 0 Å². The Morgan fingerprint density at radius 2 is 1.73 bits per heavy atom. The zero-order valence-corrected chi connectivity index (χ0v) is 29.5. The summed E-state index contributed by atoms with van der Waals surface area (Å²) in [7, 11) is 1.57.